The van der Waals surface area contributed by atoms with E-state index in [0.29, 0.717) is 23.0 Å². The Kier molecular flexibility index (Phi) is 2.90. The molecule has 0 radical (unpaired) electrons. The molecule has 3 rings (SSSR count). The number of nitrogens with one attached hydrogen (secondary N) is 1. The second-order valence-electron chi connectivity index (χ2n) is 4.06. The molecule has 0 saturated carbocycles. The van der Waals surface area contributed by atoms with Gasteiger partial charge >= 0.3 is 0 Å². The molecule has 3 aromatic rings. The van der Waals surface area contributed by atoms with Crippen molar-refractivity contribution in [2.75, 3.05) is 5.32 Å². The minimum Gasteiger partial charge on any atom is -0.461 e. The maximum atomic E-state index is 12.7. The highest BCUT2D eigenvalue weighted by atomic mass is 19.1. The van der Waals surface area contributed by atoms with Crippen molar-refractivity contribution in [1.82, 2.24) is 19.6 Å². The van der Waals surface area contributed by atoms with E-state index in [1.54, 1.807) is 12.1 Å². The number of fused-ring (bicyclic) bond motifs is 1. The van der Waals surface area contributed by atoms with E-state index in [0.717, 1.165) is 0 Å². The highest BCUT2D eigenvalue weighted by Crippen LogP contribution is 2.21. The molecule has 0 aliphatic rings. The molecular formula is C12H10FN5O2. The average molecular weight is 275 g/mol. The molecule has 0 bridgehead atoms. The smallest absolute Gasteiger partial charge is 0.222 e. The van der Waals surface area contributed by atoms with Gasteiger partial charge < -0.3 is 9.73 Å². The van der Waals surface area contributed by atoms with Crippen LogP contribution in [0.2, 0.25) is 0 Å². The Bertz CT molecular complexity index is 766. The van der Waals surface area contributed by atoms with Crippen molar-refractivity contribution in [1.29, 1.82) is 0 Å². The van der Waals surface area contributed by atoms with E-state index in [2.05, 4.69) is 20.4 Å². The minimum atomic E-state index is -0.783. The lowest BCUT2D eigenvalue weighted by Gasteiger charge is -2.05. The molecule has 3 heterocycles. The van der Waals surface area contributed by atoms with Crippen LogP contribution in [0.3, 0.4) is 0 Å². The Morgan fingerprint density at radius 1 is 1.50 bits per heavy atom. The van der Waals surface area contributed by atoms with Crippen molar-refractivity contribution >= 4 is 17.4 Å². The first-order chi connectivity index (χ1) is 9.67. The molecule has 0 saturated heterocycles. The number of alkyl halides is 1. The highest BCUT2D eigenvalue weighted by molar-refractivity contribution is 5.88. The van der Waals surface area contributed by atoms with Gasteiger partial charge in [0.05, 0.1) is 6.26 Å². The highest BCUT2D eigenvalue weighted by Gasteiger charge is 2.15. The molecule has 0 spiro atoms. The Morgan fingerprint density at radius 3 is 3.00 bits per heavy atom. The SMILES string of the molecule is CC(=O)Nc1cc2nc(CF)nn2c(-c2ccco2)n1. The quantitative estimate of drug-likeness (QED) is 0.788. The monoisotopic (exact) mass is 275 g/mol. The predicted molar refractivity (Wildman–Crippen MR) is 67.6 cm³/mol. The van der Waals surface area contributed by atoms with E-state index in [-0.39, 0.29) is 11.7 Å². The molecule has 102 valence electrons. The molecular weight excluding hydrogens is 265 g/mol. The van der Waals surface area contributed by atoms with Crippen molar-refractivity contribution in [3.8, 4) is 11.6 Å². The number of aromatic nitrogens is 4. The largest absolute Gasteiger partial charge is 0.461 e. The van der Waals surface area contributed by atoms with Crippen LogP contribution in [0, 0.1) is 0 Å². The average Bonchev–Trinajstić information content (AvgIpc) is 3.05. The van der Waals surface area contributed by atoms with Gasteiger partial charge in [0.25, 0.3) is 0 Å². The van der Waals surface area contributed by atoms with Gasteiger partial charge in [-0.15, -0.1) is 5.10 Å². The topological polar surface area (TPSA) is 85.3 Å². The zero-order valence-corrected chi connectivity index (χ0v) is 10.5. The van der Waals surface area contributed by atoms with Crippen LogP contribution in [0.4, 0.5) is 10.2 Å². The number of amides is 1. The summed E-state index contributed by atoms with van der Waals surface area (Å²) in [5.74, 6) is 0.854. The Balaban J connectivity index is 2.23. The summed E-state index contributed by atoms with van der Waals surface area (Å²) >= 11 is 0. The molecule has 7 nitrogen and oxygen atoms in total. The predicted octanol–water partition coefficient (Wildman–Crippen LogP) is 1.81. The fraction of sp³-hybridized carbons (Fsp3) is 0.167. The second kappa shape index (κ2) is 4.72. The Labute approximate surface area is 112 Å². The van der Waals surface area contributed by atoms with Crippen LogP contribution in [0.1, 0.15) is 12.7 Å². The maximum absolute atomic E-state index is 12.7. The summed E-state index contributed by atoms with van der Waals surface area (Å²) in [6, 6.07) is 4.90. The lowest BCUT2D eigenvalue weighted by molar-refractivity contribution is -0.114. The molecule has 8 heteroatoms. The molecule has 0 fully saturated rings. The van der Waals surface area contributed by atoms with E-state index in [1.165, 1.54) is 23.8 Å². The molecule has 20 heavy (non-hydrogen) atoms. The third-order valence-electron chi connectivity index (χ3n) is 2.53. The van der Waals surface area contributed by atoms with Gasteiger partial charge in [-0.3, -0.25) is 4.79 Å². The molecule has 1 amide bonds. The summed E-state index contributed by atoms with van der Waals surface area (Å²) in [5, 5.41) is 6.56. The fourth-order valence-corrected chi connectivity index (χ4v) is 1.80. The van der Waals surface area contributed by atoms with Crippen molar-refractivity contribution in [2.24, 2.45) is 0 Å². The van der Waals surface area contributed by atoms with Gasteiger partial charge in [-0.05, 0) is 12.1 Å². The van der Waals surface area contributed by atoms with Crippen molar-refractivity contribution in [2.45, 2.75) is 13.6 Å². The van der Waals surface area contributed by atoms with Gasteiger partial charge in [0.15, 0.2) is 23.9 Å². The number of furan rings is 1. The standard InChI is InChI=1S/C12H10FN5O2/c1-7(19)14-9-5-11-15-10(6-13)17-18(11)12(16-9)8-3-2-4-20-8/h2-5H,6H2,1H3,(H,14,19). The van der Waals surface area contributed by atoms with Gasteiger partial charge in [-0.25, -0.2) is 14.4 Å². The molecule has 3 aromatic heterocycles. The van der Waals surface area contributed by atoms with Crippen LogP contribution < -0.4 is 5.32 Å². The minimum absolute atomic E-state index is 0.0413. The zero-order chi connectivity index (χ0) is 14.1. The zero-order valence-electron chi connectivity index (χ0n) is 10.5. The third-order valence-corrected chi connectivity index (χ3v) is 2.53. The third kappa shape index (κ3) is 2.11. The first-order valence-electron chi connectivity index (χ1n) is 5.81. The van der Waals surface area contributed by atoms with Gasteiger partial charge in [-0.1, -0.05) is 0 Å². The number of rotatable bonds is 3. The lowest BCUT2D eigenvalue weighted by atomic mass is 10.4. The number of halogens is 1. The first kappa shape index (κ1) is 12.3. The van der Waals surface area contributed by atoms with Crippen LogP contribution >= 0.6 is 0 Å². The van der Waals surface area contributed by atoms with Gasteiger partial charge in [-0.2, -0.15) is 4.52 Å². The summed E-state index contributed by atoms with van der Waals surface area (Å²) in [4.78, 5) is 19.4. The Morgan fingerprint density at radius 2 is 2.35 bits per heavy atom. The summed E-state index contributed by atoms with van der Waals surface area (Å²) in [5.41, 5.74) is 0.378. The van der Waals surface area contributed by atoms with Crippen molar-refractivity contribution in [3.05, 3.63) is 30.3 Å². The molecule has 1 N–H and O–H groups in total. The van der Waals surface area contributed by atoms with E-state index in [9.17, 15) is 9.18 Å². The van der Waals surface area contributed by atoms with Crippen LogP contribution in [0.15, 0.2) is 28.9 Å². The molecule has 0 aromatic carbocycles. The second-order valence-corrected chi connectivity index (χ2v) is 4.06. The number of carbonyl (C=O) groups excluding carboxylic acids is 1. The molecule has 0 unspecified atom stereocenters. The van der Waals surface area contributed by atoms with E-state index >= 15 is 0 Å². The van der Waals surface area contributed by atoms with Gasteiger partial charge in [0, 0.05) is 13.0 Å². The van der Waals surface area contributed by atoms with E-state index in [4.69, 9.17) is 4.42 Å². The maximum Gasteiger partial charge on any atom is 0.222 e. The number of hydrogen-bond donors (Lipinski definition) is 1. The van der Waals surface area contributed by atoms with Gasteiger partial charge in [0.1, 0.15) is 5.82 Å². The summed E-state index contributed by atoms with van der Waals surface area (Å²) in [6.07, 6.45) is 1.49. The van der Waals surface area contributed by atoms with Crippen LogP contribution in [0.25, 0.3) is 17.2 Å². The van der Waals surface area contributed by atoms with Crippen LogP contribution in [0.5, 0.6) is 0 Å². The number of anilines is 1. The van der Waals surface area contributed by atoms with E-state index < -0.39 is 6.67 Å². The summed E-state index contributed by atoms with van der Waals surface area (Å²) in [7, 11) is 0. The van der Waals surface area contributed by atoms with Crippen LogP contribution in [-0.4, -0.2) is 25.5 Å². The lowest BCUT2D eigenvalue weighted by Crippen LogP contribution is -2.09. The number of hydrogen-bond acceptors (Lipinski definition) is 5. The van der Waals surface area contributed by atoms with Gasteiger partial charge in [0.2, 0.25) is 11.7 Å². The normalized spacial score (nSPS) is 10.9. The van der Waals surface area contributed by atoms with Crippen molar-refractivity contribution in [3.63, 3.8) is 0 Å². The number of nitrogens with zero attached hydrogens (tertiary/aromatic N) is 4. The number of carbonyl (C=O) groups is 1. The Hall–Kier alpha value is -2.77. The summed E-state index contributed by atoms with van der Waals surface area (Å²) in [6.45, 7) is 0.587. The first-order valence-corrected chi connectivity index (χ1v) is 5.81. The van der Waals surface area contributed by atoms with E-state index in [1.807, 2.05) is 0 Å². The molecule has 0 atom stereocenters. The summed E-state index contributed by atoms with van der Waals surface area (Å²) < 4.78 is 19.3. The van der Waals surface area contributed by atoms with Crippen LogP contribution in [-0.2, 0) is 11.5 Å². The molecule has 0 aliphatic heterocycles. The molecule has 0 aliphatic carbocycles. The fourth-order valence-electron chi connectivity index (χ4n) is 1.80. The van der Waals surface area contributed by atoms with Crippen molar-refractivity contribution < 1.29 is 13.6 Å².